The minimum Gasteiger partial charge on any atom is -0.481 e. The third kappa shape index (κ3) is 5.12. The summed E-state index contributed by atoms with van der Waals surface area (Å²) in [6, 6.07) is 7.11. The molecule has 128 valence electrons. The molecule has 0 radical (unpaired) electrons. The molecule has 1 aromatic heterocycles. The molecular weight excluding hydrogens is 308 g/mol. The number of aliphatic carboxylic acids is 1. The van der Waals surface area contributed by atoms with Gasteiger partial charge in [-0.05, 0) is 17.7 Å². The van der Waals surface area contributed by atoms with Crippen LogP contribution in [0.2, 0.25) is 0 Å². The second kappa shape index (κ2) is 8.14. The maximum atomic E-state index is 11.7. The van der Waals surface area contributed by atoms with Gasteiger partial charge in [0.2, 0.25) is 0 Å². The summed E-state index contributed by atoms with van der Waals surface area (Å²) >= 11 is 0. The molecule has 2 aromatic rings. The summed E-state index contributed by atoms with van der Waals surface area (Å²) in [5.41, 5.74) is 1.70. The smallest absolute Gasteiger partial charge is 0.319 e. The van der Waals surface area contributed by atoms with E-state index in [2.05, 4.69) is 34.0 Å². The lowest BCUT2D eigenvalue weighted by atomic mass is 10.1. The lowest BCUT2D eigenvalue weighted by Crippen LogP contribution is -2.30. The number of carboxylic acid groups (broad SMARTS) is 1. The maximum Gasteiger partial charge on any atom is 0.319 e. The molecule has 3 N–H and O–H groups in total. The van der Waals surface area contributed by atoms with Crippen molar-refractivity contribution in [3.05, 3.63) is 48.0 Å². The minimum atomic E-state index is -0.946. The summed E-state index contributed by atoms with van der Waals surface area (Å²) in [7, 11) is 0. The Balaban J connectivity index is 1.97. The molecule has 0 saturated carbocycles. The van der Waals surface area contributed by atoms with E-state index in [1.54, 1.807) is 12.3 Å². The number of carbonyl (C=O) groups excluding carboxylic acids is 1. The Bertz CT molecular complexity index is 709. The number of carbonyl (C=O) groups is 2. The van der Waals surface area contributed by atoms with Crippen molar-refractivity contribution in [3.63, 3.8) is 0 Å². The van der Waals surface area contributed by atoms with Crippen molar-refractivity contribution in [2.24, 2.45) is 0 Å². The van der Waals surface area contributed by atoms with Crippen LogP contribution in [0.5, 0.6) is 0 Å². The Morgan fingerprint density at radius 3 is 2.83 bits per heavy atom. The van der Waals surface area contributed by atoms with Crippen molar-refractivity contribution in [2.45, 2.75) is 32.7 Å². The van der Waals surface area contributed by atoms with Crippen molar-refractivity contribution in [3.8, 4) is 0 Å². The van der Waals surface area contributed by atoms with Gasteiger partial charge in [0.25, 0.3) is 0 Å². The van der Waals surface area contributed by atoms with Crippen LogP contribution in [-0.2, 0) is 11.3 Å². The number of imidazole rings is 1. The Morgan fingerprint density at radius 2 is 2.12 bits per heavy atom. The molecule has 7 heteroatoms. The number of hydrogen-bond donors (Lipinski definition) is 3. The lowest BCUT2D eigenvalue weighted by molar-refractivity contribution is -0.136. The van der Waals surface area contributed by atoms with Crippen molar-refractivity contribution >= 4 is 17.7 Å². The third-order valence-corrected chi connectivity index (χ3v) is 3.43. The minimum absolute atomic E-state index is 0.0909. The zero-order valence-electron chi connectivity index (χ0n) is 13.8. The molecule has 1 heterocycles. The predicted octanol–water partition coefficient (Wildman–Crippen LogP) is 2.65. The SMILES string of the molecule is CC(C)c1nccn1Cc1cccc(NC(=O)NCCC(=O)O)c1. The molecule has 0 aliphatic rings. The molecule has 0 fully saturated rings. The number of nitrogens with one attached hydrogen (secondary N) is 2. The maximum absolute atomic E-state index is 11.7. The van der Waals surface area contributed by atoms with Crippen LogP contribution in [-0.4, -0.2) is 33.2 Å². The van der Waals surface area contributed by atoms with Crippen LogP contribution in [0.25, 0.3) is 0 Å². The average molecular weight is 330 g/mol. The molecule has 0 aliphatic carbocycles. The normalized spacial score (nSPS) is 10.6. The fourth-order valence-electron chi connectivity index (χ4n) is 2.36. The van der Waals surface area contributed by atoms with Gasteiger partial charge in [0.1, 0.15) is 5.82 Å². The lowest BCUT2D eigenvalue weighted by Gasteiger charge is -2.12. The number of rotatable bonds is 7. The first kappa shape index (κ1) is 17.5. The highest BCUT2D eigenvalue weighted by Crippen LogP contribution is 2.16. The van der Waals surface area contributed by atoms with Crippen LogP contribution in [0.15, 0.2) is 36.7 Å². The van der Waals surface area contributed by atoms with Gasteiger partial charge in [0.05, 0.1) is 6.42 Å². The number of aromatic nitrogens is 2. The van der Waals surface area contributed by atoms with E-state index in [1.165, 1.54) is 0 Å². The quantitative estimate of drug-likeness (QED) is 0.727. The Labute approximate surface area is 140 Å². The van der Waals surface area contributed by atoms with Crippen LogP contribution < -0.4 is 10.6 Å². The van der Waals surface area contributed by atoms with Gasteiger partial charge in [0.15, 0.2) is 0 Å². The average Bonchev–Trinajstić information content (AvgIpc) is 2.95. The largest absolute Gasteiger partial charge is 0.481 e. The molecule has 0 spiro atoms. The summed E-state index contributed by atoms with van der Waals surface area (Å²) < 4.78 is 2.08. The number of carboxylic acids is 1. The highest BCUT2D eigenvalue weighted by atomic mass is 16.4. The van der Waals surface area contributed by atoms with Crippen LogP contribution in [0.1, 0.15) is 37.6 Å². The van der Waals surface area contributed by atoms with E-state index in [9.17, 15) is 9.59 Å². The second-order valence-corrected chi connectivity index (χ2v) is 5.79. The monoisotopic (exact) mass is 330 g/mol. The Morgan fingerprint density at radius 1 is 1.33 bits per heavy atom. The third-order valence-electron chi connectivity index (χ3n) is 3.43. The van der Waals surface area contributed by atoms with Crippen molar-refractivity contribution < 1.29 is 14.7 Å². The van der Waals surface area contributed by atoms with Gasteiger partial charge in [-0.3, -0.25) is 4.79 Å². The molecular formula is C17H22N4O3. The van der Waals surface area contributed by atoms with Gasteiger partial charge in [-0.25, -0.2) is 9.78 Å². The number of benzene rings is 1. The fraction of sp³-hybridized carbons (Fsp3) is 0.353. The summed E-state index contributed by atoms with van der Waals surface area (Å²) in [4.78, 5) is 26.5. The fourth-order valence-corrected chi connectivity index (χ4v) is 2.36. The van der Waals surface area contributed by atoms with E-state index in [0.29, 0.717) is 18.2 Å². The first-order valence-electron chi connectivity index (χ1n) is 7.82. The molecule has 0 unspecified atom stereocenters. The Kier molecular flexibility index (Phi) is 5.95. The van der Waals surface area contributed by atoms with E-state index >= 15 is 0 Å². The van der Waals surface area contributed by atoms with E-state index in [0.717, 1.165) is 11.4 Å². The highest BCUT2D eigenvalue weighted by Gasteiger charge is 2.08. The number of urea groups is 1. The van der Waals surface area contributed by atoms with Gasteiger partial charge >= 0.3 is 12.0 Å². The number of hydrogen-bond acceptors (Lipinski definition) is 3. The number of anilines is 1. The van der Waals surface area contributed by atoms with Crippen molar-refractivity contribution in [2.75, 3.05) is 11.9 Å². The second-order valence-electron chi connectivity index (χ2n) is 5.79. The van der Waals surface area contributed by atoms with Gasteiger partial charge in [-0.15, -0.1) is 0 Å². The van der Waals surface area contributed by atoms with E-state index < -0.39 is 12.0 Å². The molecule has 0 atom stereocenters. The predicted molar refractivity (Wildman–Crippen MR) is 91.1 cm³/mol. The van der Waals surface area contributed by atoms with E-state index in [1.807, 2.05) is 24.4 Å². The van der Waals surface area contributed by atoms with Crippen LogP contribution in [0.4, 0.5) is 10.5 Å². The van der Waals surface area contributed by atoms with Crippen LogP contribution >= 0.6 is 0 Å². The molecule has 0 saturated heterocycles. The molecule has 0 aliphatic heterocycles. The number of nitrogens with zero attached hydrogens (tertiary/aromatic N) is 2. The van der Waals surface area contributed by atoms with Crippen LogP contribution in [0.3, 0.4) is 0 Å². The van der Waals surface area contributed by atoms with E-state index in [4.69, 9.17) is 5.11 Å². The van der Waals surface area contributed by atoms with Gasteiger partial charge < -0.3 is 20.3 Å². The summed E-state index contributed by atoms with van der Waals surface area (Å²) in [5, 5.41) is 13.8. The van der Waals surface area contributed by atoms with Gasteiger partial charge in [0, 0.05) is 37.1 Å². The Hall–Kier alpha value is -2.83. The zero-order valence-corrected chi connectivity index (χ0v) is 13.8. The topological polar surface area (TPSA) is 96.3 Å². The van der Waals surface area contributed by atoms with E-state index in [-0.39, 0.29) is 13.0 Å². The molecule has 2 rings (SSSR count). The molecule has 24 heavy (non-hydrogen) atoms. The molecule has 7 nitrogen and oxygen atoms in total. The first-order chi connectivity index (χ1) is 11.5. The van der Waals surface area contributed by atoms with Crippen molar-refractivity contribution in [1.82, 2.24) is 14.9 Å². The van der Waals surface area contributed by atoms with Crippen LogP contribution in [0, 0.1) is 0 Å². The molecule has 0 bridgehead atoms. The number of amides is 2. The summed E-state index contributed by atoms with van der Waals surface area (Å²) in [6.45, 7) is 4.95. The summed E-state index contributed by atoms with van der Waals surface area (Å²) in [6.07, 6.45) is 3.62. The standard InChI is InChI=1S/C17H22N4O3/c1-12(2)16-18-8-9-21(16)11-13-4-3-5-14(10-13)20-17(24)19-7-6-15(22)23/h3-5,8-10,12H,6-7,11H2,1-2H3,(H,22,23)(H2,19,20,24). The first-order valence-corrected chi connectivity index (χ1v) is 7.82. The molecule has 2 amide bonds. The van der Waals surface area contributed by atoms with Crippen molar-refractivity contribution in [1.29, 1.82) is 0 Å². The zero-order chi connectivity index (χ0) is 17.5. The summed E-state index contributed by atoms with van der Waals surface area (Å²) in [5.74, 6) is 0.402. The van der Waals surface area contributed by atoms with Gasteiger partial charge in [-0.1, -0.05) is 26.0 Å². The molecule has 1 aromatic carbocycles. The highest BCUT2D eigenvalue weighted by molar-refractivity contribution is 5.89. The van der Waals surface area contributed by atoms with Gasteiger partial charge in [-0.2, -0.15) is 0 Å².